The Morgan fingerprint density at radius 1 is 1.06 bits per heavy atom. The maximum atomic E-state index is 12.6. The van der Waals surface area contributed by atoms with Crippen molar-refractivity contribution in [2.75, 3.05) is 21.2 Å². The van der Waals surface area contributed by atoms with E-state index in [0.717, 1.165) is 9.13 Å². The Bertz CT molecular complexity index is 1100. The van der Waals surface area contributed by atoms with Crippen LogP contribution >= 0.6 is 58.0 Å². The average molecular weight is 591 g/mol. The molecule has 1 saturated heterocycles. The maximum Gasteiger partial charge on any atom is 0.265 e. The van der Waals surface area contributed by atoms with Gasteiger partial charge in [0.2, 0.25) is 0 Å². The normalized spacial score (nSPS) is 14.3. The number of nitrogens with zero attached hydrogens (tertiary/aromatic N) is 2. The van der Waals surface area contributed by atoms with Crippen molar-refractivity contribution in [1.82, 2.24) is 9.80 Å². The number of ether oxygens (including phenoxy) is 2. The molecule has 0 aromatic heterocycles. The minimum absolute atomic E-state index is 0.0147. The molecule has 0 spiro atoms. The van der Waals surface area contributed by atoms with Crippen LogP contribution in [0.15, 0.2) is 35.9 Å². The molecule has 0 N–H and O–H groups in total. The van der Waals surface area contributed by atoms with Gasteiger partial charge in [0.05, 0.1) is 20.7 Å². The van der Waals surface area contributed by atoms with Crippen LogP contribution in [-0.2, 0) is 16.2 Å². The molecule has 2 aromatic carbocycles. The first-order valence-electron chi connectivity index (χ1n) is 8.90. The Morgan fingerprint density at radius 3 is 2.29 bits per heavy atom. The van der Waals surface area contributed by atoms with Crippen LogP contribution in [0.5, 0.6) is 11.5 Å². The topological polar surface area (TPSA) is 59.1 Å². The van der Waals surface area contributed by atoms with Gasteiger partial charge in [-0.15, -0.1) is 0 Å². The van der Waals surface area contributed by atoms with Gasteiger partial charge in [0, 0.05) is 14.1 Å². The van der Waals surface area contributed by atoms with E-state index in [1.165, 1.54) is 37.1 Å². The lowest BCUT2D eigenvalue weighted by Gasteiger charge is -2.31. The highest BCUT2D eigenvalue weighted by Gasteiger charge is 2.35. The highest BCUT2D eigenvalue weighted by atomic mass is 127. The number of thiocarbonyl (C=S) groups is 1. The first kappa shape index (κ1) is 23.8. The summed E-state index contributed by atoms with van der Waals surface area (Å²) in [5.74, 6) is 0.0869. The van der Waals surface area contributed by atoms with E-state index in [-0.39, 0.29) is 17.3 Å². The summed E-state index contributed by atoms with van der Waals surface area (Å²) in [7, 11) is 4.59. The molecule has 0 aliphatic carbocycles. The van der Waals surface area contributed by atoms with E-state index in [1.54, 1.807) is 24.3 Å². The van der Waals surface area contributed by atoms with Gasteiger partial charge >= 0.3 is 0 Å². The fourth-order valence-corrected chi connectivity index (χ4v) is 4.16. The minimum Gasteiger partial charge on any atom is -0.493 e. The van der Waals surface area contributed by atoms with E-state index in [4.69, 9.17) is 44.9 Å². The zero-order valence-electron chi connectivity index (χ0n) is 16.7. The molecular formula is C21H17Cl2IN2O4S. The highest BCUT2D eigenvalue weighted by Crippen LogP contribution is 2.36. The van der Waals surface area contributed by atoms with E-state index < -0.39 is 11.8 Å². The molecule has 1 aliphatic heterocycles. The lowest BCUT2D eigenvalue weighted by molar-refractivity contribution is -0.132. The molecule has 1 heterocycles. The summed E-state index contributed by atoms with van der Waals surface area (Å²) in [5.41, 5.74) is 1.48. The summed E-state index contributed by atoms with van der Waals surface area (Å²) in [6, 6.07) is 8.77. The van der Waals surface area contributed by atoms with Crippen molar-refractivity contribution in [3.8, 4) is 11.5 Å². The SMILES string of the molecule is COc1cc(C=C2C(=O)N(C)C(=S)N(C)C2=O)cc(I)c1OCc1ccc(Cl)c(Cl)c1. The molecular weight excluding hydrogens is 574 g/mol. The van der Waals surface area contributed by atoms with Gasteiger partial charge in [-0.25, -0.2) is 0 Å². The lowest BCUT2D eigenvalue weighted by atomic mass is 10.1. The molecule has 0 radical (unpaired) electrons. The molecule has 31 heavy (non-hydrogen) atoms. The van der Waals surface area contributed by atoms with Gasteiger partial charge in [-0.05, 0) is 76.3 Å². The van der Waals surface area contributed by atoms with E-state index >= 15 is 0 Å². The molecule has 0 bridgehead atoms. The van der Waals surface area contributed by atoms with Gasteiger partial charge in [0.15, 0.2) is 16.6 Å². The van der Waals surface area contributed by atoms with Crippen molar-refractivity contribution in [3.05, 3.63) is 60.6 Å². The van der Waals surface area contributed by atoms with Gasteiger partial charge in [-0.2, -0.15) is 0 Å². The van der Waals surface area contributed by atoms with Crippen LogP contribution in [0, 0.1) is 3.57 Å². The molecule has 0 saturated carbocycles. The molecule has 1 fully saturated rings. The lowest BCUT2D eigenvalue weighted by Crippen LogP contribution is -2.52. The van der Waals surface area contributed by atoms with Crippen molar-refractivity contribution < 1.29 is 19.1 Å². The van der Waals surface area contributed by atoms with Crippen molar-refractivity contribution in [3.63, 3.8) is 0 Å². The van der Waals surface area contributed by atoms with Crippen LogP contribution < -0.4 is 9.47 Å². The van der Waals surface area contributed by atoms with E-state index in [1.807, 2.05) is 6.07 Å². The van der Waals surface area contributed by atoms with E-state index in [2.05, 4.69) is 22.6 Å². The third-order valence-corrected chi connectivity index (χ3v) is 6.66. The number of methoxy groups -OCH3 is 1. The first-order valence-corrected chi connectivity index (χ1v) is 11.1. The Labute approximate surface area is 208 Å². The number of likely N-dealkylation sites (N-methyl/N-ethyl adjacent to an activating group) is 2. The summed E-state index contributed by atoms with van der Waals surface area (Å²) in [6.45, 7) is 0.258. The molecule has 162 valence electrons. The molecule has 3 rings (SSSR count). The summed E-state index contributed by atoms with van der Waals surface area (Å²) >= 11 is 19.2. The number of halogens is 3. The predicted octanol–water partition coefficient (Wildman–Crippen LogP) is 4.78. The summed E-state index contributed by atoms with van der Waals surface area (Å²) in [6.07, 6.45) is 1.52. The highest BCUT2D eigenvalue weighted by molar-refractivity contribution is 14.1. The second-order valence-electron chi connectivity index (χ2n) is 6.64. The minimum atomic E-state index is -0.456. The molecule has 1 aliphatic rings. The smallest absolute Gasteiger partial charge is 0.265 e. The molecule has 2 amide bonds. The fourth-order valence-electron chi connectivity index (χ4n) is 2.89. The molecule has 10 heteroatoms. The van der Waals surface area contributed by atoms with Crippen LogP contribution in [-0.4, -0.2) is 47.9 Å². The number of carbonyl (C=O) groups is 2. The first-order chi connectivity index (χ1) is 14.6. The zero-order valence-corrected chi connectivity index (χ0v) is 21.2. The Morgan fingerprint density at radius 2 is 1.71 bits per heavy atom. The molecule has 0 unspecified atom stereocenters. The number of hydrogen-bond acceptors (Lipinski definition) is 5. The number of amides is 2. The maximum absolute atomic E-state index is 12.6. The number of benzene rings is 2. The van der Waals surface area contributed by atoms with Crippen molar-refractivity contribution in [2.45, 2.75) is 6.61 Å². The van der Waals surface area contributed by atoms with Crippen LogP contribution in [0.2, 0.25) is 10.0 Å². The van der Waals surface area contributed by atoms with Crippen LogP contribution in [0.4, 0.5) is 0 Å². The van der Waals surface area contributed by atoms with Crippen molar-refractivity contribution in [2.24, 2.45) is 0 Å². The second-order valence-corrected chi connectivity index (χ2v) is 8.98. The summed E-state index contributed by atoms with van der Waals surface area (Å²) < 4.78 is 12.2. The fraction of sp³-hybridized carbons (Fsp3) is 0.190. The Kier molecular flexibility index (Phi) is 7.46. The summed E-state index contributed by atoms with van der Waals surface area (Å²) in [4.78, 5) is 27.6. The molecule has 6 nitrogen and oxygen atoms in total. The van der Waals surface area contributed by atoms with Gasteiger partial charge < -0.3 is 9.47 Å². The van der Waals surface area contributed by atoms with Gasteiger partial charge in [-0.1, -0.05) is 29.3 Å². The van der Waals surface area contributed by atoms with Gasteiger partial charge in [0.25, 0.3) is 11.8 Å². The molecule has 0 atom stereocenters. The monoisotopic (exact) mass is 590 g/mol. The second kappa shape index (κ2) is 9.72. The van der Waals surface area contributed by atoms with Crippen molar-refractivity contribution in [1.29, 1.82) is 0 Å². The standard InChI is InChI=1S/C21H17Cl2IN2O4S/c1-25-19(27)13(20(28)26(2)21(25)31)6-12-8-16(24)18(17(9-12)29-3)30-10-11-4-5-14(22)15(23)7-11/h4-9H,10H2,1-3H3. The summed E-state index contributed by atoms with van der Waals surface area (Å²) in [5, 5.41) is 1.08. The van der Waals surface area contributed by atoms with E-state index in [9.17, 15) is 9.59 Å². The Hall–Kier alpha value is -1.88. The predicted molar refractivity (Wildman–Crippen MR) is 133 cm³/mol. The largest absolute Gasteiger partial charge is 0.493 e. The zero-order chi connectivity index (χ0) is 22.9. The number of carbonyl (C=O) groups excluding carboxylic acids is 2. The van der Waals surface area contributed by atoms with Gasteiger partial charge in [-0.3, -0.25) is 19.4 Å². The van der Waals surface area contributed by atoms with Crippen LogP contribution in [0.1, 0.15) is 11.1 Å². The van der Waals surface area contributed by atoms with Crippen LogP contribution in [0.3, 0.4) is 0 Å². The third-order valence-electron chi connectivity index (χ3n) is 4.57. The quantitative estimate of drug-likeness (QED) is 0.217. The number of rotatable bonds is 5. The average Bonchev–Trinajstić information content (AvgIpc) is 2.75. The van der Waals surface area contributed by atoms with Crippen molar-refractivity contribution >= 4 is 81.0 Å². The van der Waals surface area contributed by atoms with Gasteiger partial charge in [0.1, 0.15) is 12.2 Å². The number of hydrogen-bond donors (Lipinski definition) is 0. The van der Waals surface area contributed by atoms with Crippen LogP contribution in [0.25, 0.3) is 6.08 Å². The van der Waals surface area contributed by atoms with E-state index in [0.29, 0.717) is 27.1 Å². The third kappa shape index (κ3) is 4.97. The molecule has 2 aromatic rings. The Balaban J connectivity index is 1.91.